The quantitative estimate of drug-likeness (QED) is 0.350. The van der Waals surface area contributed by atoms with Crippen LogP contribution in [0.1, 0.15) is 33.6 Å². The molecule has 0 bridgehead atoms. The molecule has 194 valence electrons. The van der Waals surface area contributed by atoms with Gasteiger partial charge in [-0.2, -0.15) is 14.8 Å². The summed E-state index contributed by atoms with van der Waals surface area (Å²) in [7, 11) is 0. The Morgan fingerprint density at radius 3 is 2.70 bits per heavy atom. The number of benzene rings is 1. The first-order chi connectivity index (χ1) is 17.7. The minimum absolute atomic E-state index is 0.334. The van der Waals surface area contributed by atoms with Crippen LogP contribution in [0.2, 0.25) is 0 Å². The van der Waals surface area contributed by atoms with Crippen molar-refractivity contribution in [2.45, 2.75) is 39.2 Å². The third-order valence-electron chi connectivity index (χ3n) is 6.14. The van der Waals surface area contributed by atoms with Crippen molar-refractivity contribution < 1.29 is 23.8 Å². The van der Waals surface area contributed by atoms with Gasteiger partial charge in [0.15, 0.2) is 11.4 Å². The van der Waals surface area contributed by atoms with Crippen LogP contribution in [0.4, 0.5) is 27.0 Å². The molecule has 4 heterocycles. The van der Waals surface area contributed by atoms with E-state index in [4.69, 9.17) is 14.1 Å². The molecule has 0 atom stereocenters. The summed E-state index contributed by atoms with van der Waals surface area (Å²) >= 11 is 0. The van der Waals surface area contributed by atoms with Gasteiger partial charge in [0.1, 0.15) is 11.1 Å². The number of carboxylic acid groups (broad SMARTS) is 1. The molecule has 0 radical (unpaired) electrons. The predicted molar refractivity (Wildman–Crippen MR) is 137 cm³/mol. The molecule has 12 nitrogen and oxygen atoms in total. The lowest BCUT2D eigenvalue weighted by atomic mass is 9.97. The molecule has 1 amide bonds. The Morgan fingerprint density at radius 2 is 1.97 bits per heavy atom. The van der Waals surface area contributed by atoms with Crippen LogP contribution < -0.4 is 15.5 Å². The number of furan rings is 1. The summed E-state index contributed by atoms with van der Waals surface area (Å²) in [5.74, 6) is 1.40. The fourth-order valence-electron chi connectivity index (χ4n) is 4.39. The van der Waals surface area contributed by atoms with Crippen molar-refractivity contribution in [3.05, 3.63) is 36.7 Å². The van der Waals surface area contributed by atoms with Crippen molar-refractivity contribution in [1.82, 2.24) is 25.1 Å². The van der Waals surface area contributed by atoms with Crippen LogP contribution in [0.15, 0.2) is 41.1 Å². The number of amides is 1. The van der Waals surface area contributed by atoms with Crippen LogP contribution in [0.5, 0.6) is 0 Å². The number of hydrogen-bond acceptors (Lipinski definition) is 9. The lowest BCUT2D eigenvalue weighted by Gasteiger charge is -2.33. The highest BCUT2D eigenvalue weighted by Gasteiger charge is 2.25. The molecule has 3 aromatic heterocycles. The molecule has 0 spiro atoms. The Kier molecular flexibility index (Phi) is 6.32. The monoisotopic (exact) mass is 507 g/mol. The van der Waals surface area contributed by atoms with Gasteiger partial charge in [0.25, 0.3) is 0 Å². The fourth-order valence-corrected chi connectivity index (χ4v) is 4.39. The Bertz CT molecular complexity index is 1450. The molecule has 1 aliphatic heterocycles. The van der Waals surface area contributed by atoms with Crippen molar-refractivity contribution in [1.29, 1.82) is 0 Å². The second kappa shape index (κ2) is 9.60. The molecule has 1 aliphatic rings. The number of alkyl carbamates (subject to hydrolysis) is 1. The number of carbonyl (C=O) groups excluding carboxylic acids is 1. The average Bonchev–Trinajstić information content (AvgIpc) is 3.48. The molecule has 0 saturated carbocycles. The maximum Gasteiger partial charge on any atom is 0.432 e. The molecular formula is C25H29N7O5. The van der Waals surface area contributed by atoms with Gasteiger partial charge in [-0.3, -0.25) is 0 Å². The molecule has 12 heteroatoms. The van der Waals surface area contributed by atoms with Gasteiger partial charge in [0.2, 0.25) is 5.95 Å². The van der Waals surface area contributed by atoms with E-state index in [0.29, 0.717) is 51.9 Å². The first-order valence-electron chi connectivity index (χ1n) is 12.1. The van der Waals surface area contributed by atoms with E-state index in [0.717, 1.165) is 30.6 Å². The number of rotatable bonds is 5. The normalized spacial score (nSPS) is 14.7. The topological polar surface area (TPSA) is 148 Å². The summed E-state index contributed by atoms with van der Waals surface area (Å²) in [5.41, 5.74) is 1.85. The zero-order chi connectivity index (χ0) is 26.2. The Morgan fingerprint density at radius 1 is 1.19 bits per heavy atom. The van der Waals surface area contributed by atoms with E-state index in [1.165, 1.54) is 6.20 Å². The van der Waals surface area contributed by atoms with Crippen molar-refractivity contribution in [3.63, 3.8) is 0 Å². The third kappa shape index (κ3) is 5.42. The minimum atomic E-state index is -1.16. The van der Waals surface area contributed by atoms with Gasteiger partial charge in [-0.1, -0.05) is 0 Å². The molecule has 1 saturated heterocycles. The average molecular weight is 508 g/mol. The van der Waals surface area contributed by atoms with Crippen LogP contribution in [0.25, 0.3) is 22.0 Å². The lowest BCUT2D eigenvalue weighted by molar-refractivity contribution is 0.0516. The molecule has 1 aromatic carbocycles. The smallest absolute Gasteiger partial charge is 0.432 e. The van der Waals surface area contributed by atoms with E-state index < -0.39 is 17.8 Å². The number of nitrogens with zero attached hydrogens (tertiary/aromatic N) is 5. The summed E-state index contributed by atoms with van der Waals surface area (Å²) in [6.45, 7) is 7.58. The first-order valence-corrected chi connectivity index (χ1v) is 12.1. The third-order valence-corrected chi connectivity index (χ3v) is 6.14. The van der Waals surface area contributed by atoms with Crippen LogP contribution in [0, 0.1) is 5.92 Å². The number of carbonyl (C=O) groups is 2. The summed E-state index contributed by atoms with van der Waals surface area (Å²) in [5, 5.41) is 20.0. The van der Waals surface area contributed by atoms with Crippen molar-refractivity contribution in [2.75, 3.05) is 29.9 Å². The van der Waals surface area contributed by atoms with E-state index in [1.807, 2.05) is 26.8 Å². The molecule has 4 aromatic rings. The van der Waals surface area contributed by atoms with E-state index >= 15 is 0 Å². The second-order valence-electron chi connectivity index (χ2n) is 10.1. The number of nitrogens with one attached hydrogen (secondary N) is 2. The van der Waals surface area contributed by atoms with Crippen LogP contribution in [-0.2, 0) is 4.74 Å². The Labute approximate surface area is 212 Å². The molecule has 5 rings (SSSR count). The van der Waals surface area contributed by atoms with Crippen LogP contribution in [-0.4, -0.2) is 62.3 Å². The molecule has 0 unspecified atom stereocenters. The van der Waals surface area contributed by atoms with E-state index in [2.05, 4.69) is 25.6 Å². The van der Waals surface area contributed by atoms with Crippen LogP contribution >= 0.6 is 0 Å². The molecule has 1 fully saturated rings. The number of hydrogen-bond donors (Lipinski definition) is 3. The molecule has 0 aliphatic carbocycles. The molecular weight excluding hydrogens is 478 g/mol. The van der Waals surface area contributed by atoms with Gasteiger partial charge < -0.3 is 29.8 Å². The van der Waals surface area contributed by atoms with Crippen molar-refractivity contribution in [2.24, 2.45) is 5.92 Å². The Hall–Kier alpha value is -4.35. The van der Waals surface area contributed by atoms with Crippen molar-refractivity contribution in [3.8, 4) is 0 Å². The van der Waals surface area contributed by atoms with E-state index in [-0.39, 0.29) is 0 Å². The van der Waals surface area contributed by atoms with Crippen molar-refractivity contribution >= 4 is 51.6 Å². The SMILES string of the molecule is CC(C)(C)OC(=O)NCC1CCN(c2nc(Nc3ccc4cnn(C(=O)O)c4c3)nc3ccoc23)CC1. The van der Waals surface area contributed by atoms with Gasteiger partial charge in [-0.25, -0.2) is 14.6 Å². The predicted octanol–water partition coefficient (Wildman–Crippen LogP) is 4.58. The van der Waals surface area contributed by atoms with Crippen LogP contribution in [0.3, 0.4) is 0 Å². The zero-order valence-electron chi connectivity index (χ0n) is 20.9. The highest BCUT2D eigenvalue weighted by molar-refractivity contribution is 5.90. The highest BCUT2D eigenvalue weighted by atomic mass is 16.6. The highest BCUT2D eigenvalue weighted by Crippen LogP contribution is 2.31. The summed E-state index contributed by atoms with van der Waals surface area (Å²) in [4.78, 5) is 34.9. The standard InChI is InChI=1S/C25H29N7O5/c1-25(2,3)37-23(33)26-13-15-6-9-31(10-7-15)21-20-18(8-11-36-20)29-22(30-21)28-17-5-4-16-14-27-32(24(34)35)19(16)12-17/h4-5,8,11-12,14-15H,6-7,9-10,13H2,1-3H3,(H,26,33)(H,34,35)(H,28,29,30). The maximum atomic E-state index is 12.0. The number of anilines is 3. The molecule has 37 heavy (non-hydrogen) atoms. The first kappa shape index (κ1) is 24.3. The number of ether oxygens (including phenoxy) is 1. The second-order valence-corrected chi connectivity index (χ2v) is 10.1. The van der Waals surface area contributed by atoms with Gasteiger partial charge >= 0.3 is 12.2 Å². The maximum absolute atomic E-state index is 12.0. The van der Waals surface area contributed by atoms with E-state index in [1.54, 1.807) is 24.5 Å². The zero-order valence-corrected chi connectivity index (χ0v) is 20.9. The molecule has 3 N–H and O–H groups in total. The summed E-state index contributed by atoms with van der Waals surface area (Å²) in [6, 6.07) is 7.09. The fraction of sp³-hybridized carbons (Fsp3) is 0.400. The number of piperidine rings is 1. The van der Waals surface area contributed by atoms with Gasteiger partial charge in [0, 0.05) is 36.8 Å². The minimum Gasteiger partial charge on any atom is -0.463 e. The largest absolute Gasteiger partial charge is 0.463 e. The summed E-state index contributed by atoms with van der Waals surface area (Å²) in [6.07, 6.45) is 3.29. The summed E-state index contributed by atoms with van der Waals surface area (Å²) < 4.78 is 12.0. The van der Waals surface area contributed by atoms with Gasteiger partial charge in [0.05, 0.1) is 18.0 Å². The van der Waals surface area contributed by atoms with Gasteiger partial charge in [-0.05, 0) is 57.7 Å². The Balaban J connectivity index is 1.29. The number of fused-ring (bicyclic) bond motifs is 2. The lowest BCUT2D eigenvalue weighted by Crippen LogP contribution is -2.40. The number of aromatic nitrogens is 4. The van der Waals surface area contributed by atoms with Gasteiger partial charge in [-0.15, -0.1) is 0 Å². The van der Waals surface area contributed by atoms with E-state index in [9.17, 15) is 14.7 Å².